The van der Waals surface area contributed by atoms with Crippen LogP contribution in [0.3, 0.4) is 0 Å². The number of hydrogen-bond donors (Lipinski definition) is 0. The van der Waals surface area contributed by atoms with Gasteiger partial charge < -0.3 is 9.32 Å². The minimum atomic E-state index is -4.49. The van der Waals surface area contributed by atoms with Crippen LogP contribution in [0.25, 0.3) is 11.3 Å². The third-order valence-corrected chi connectivity index (χ3v) is 3.26. The second-order valence-corrected chi connectivity index (χ2v) is 5.41. The number of rotatable bonds is 4. The van der Waals surface area contributed by atoms with E-state index in [4.69, 9.17) is 16.0 Å². The van der Waals surface area contributed by atoms with Gasteiger partial charge in [0, 0.05) is 31.9 Å². The van der Waals surface area contributed by atoms with E-state index in [-0.39, 0.29) is 22.1 Å². The van der Waals surface area contributed by atoms with Gasteiger partial charge in [0.2, 0.25) is 5.78 Å². The van der Waals surface area contributed by atoms with Crippen molar-refractivity contribution >= 4 is 17.4 Å². The van der Waals surface area contributed by atoms with Gasteiger partial charge in [0.1, 0.15) is 5.76 Å². The number of furan rings is 1. The topological polar surface area (TPSA) is 33.5 Å². The molecule has 2 rings (SSSR count). The minimum absolute atomic E-state index is 0.0200. The normalized spacial score (nSPS) is 11.9. The summed E-state index contributed by atoms with van der Waals surface area (Å²) in [4.78, 5) is 13.6. The van der Waals surface area contributed by atoms with E-state index in [2.05, 4.69) is 0 Å². The average Bonchev–Trinajstić information content (AvgIpc) is 2.93. The zero-order chi connectivity index (χ0) is 17.2. The molecule has 0 bridgehead atoms. The van der Waals surface area contributed by atoms with Crippen LogP contribution in [0, 0.1) is 0 Å². The Balaban J connectivity index is 2.36. The first-order valence-corrected chi connectivity index (χ1v) is 6.92. The number of allylic oxidation sites excluding steroid dienone is 1. The molecule has 1 heterocycles. The molecule has 0 unspecified atom stereocenters. The standard InChI is InChI=1S/C16H13ClF3NO2/c1-21(2)8-7-13(22)15-6-5-14(23-15)11-9-10(16(18,19)20)3-4-12(11)17/h3-9H,1-2H3. The number of nitrogens with zero attached hydrogens (tertiary/aromatic N) is 1. The number of benzene rings is 1. The zero-order valence-electron chi connectivity index (χ0n) is 12.3. The molecule has 0 radical (unpaired) electrons. The van der Waals surface area contributed by atoms with Gasteiger partial charge in [-0.3, -0.25) is 4.79 Å². The van der Waals surface area contributed by atoms with Gasteiger partial charge in [0.05, 0.1) is 10.6 Å². The molecule has 0 spiro atoms. The van der Waals surface area contributed by atoms with Gasteiger partial charge in [-0.1, -0.05) is 11.6 Å². The maximum Gasteiger partial charge on any atom is 0.416 e. The first-order valence-electron chi connectivity index (χ1n) is 6.54. The maximum absolute atomic E-state index is 12.8. The number of halogens is 4. The molecule has 0 aliphatic heterocycles. The number of carbonyl (C=O) groups is 1. The highest BCUT2D eigenvalue weighted by Gasteiger charge is 2.31. The highest BCUT2D eigenvalue weighted by molar-refractivity contribution is 6.33. The third-order valence-electron chi connectivity index (χ3n) is 2.93. The molecule has 23 heavy (non-hydrogen) atoms. The summed E-state index contributed by atoms with van der Waals surface area (Å²) in [6.07, 6.45) is -1.64. The van der Waals surface area contributed by atoms with Gasteiger partial charge in [-0.25, -0.2) is 0 Å². The minimum Gasteiger partial charge on any atom is -0.453 e. The van der Waals surface area contributed by atoms with Gasteiger partial charge in [-0.15, -0.1) is 0 Å². The molecule has 0 saturated carbocycles. The molecule has 0 fully saturated rings. The van der Waals surface area contributed by atoms with Crippen molar-refractivity contribution in [2.45, 2.75) is 6.18 Å². The van der Waals surface area contributed by atoms with E-state index in [1.54, 1.807) is 25.2 Å². The van der Waals surface area contributed by atoms with Crippen molar-refractivity contribution in [3.05, 3.63) is 59.0 Å². The second-order valence-electron chi connectivity index (χ2n) is 5.00. The van der Waals surface area contributed by atoms with Crippen molar-refractivity contribution in [3.8, 4) is 11.3 Å². The largest absolute Gasteiger partial charge is 0.453 e. The van der Waals surface area contributed by atoms with Gasteiger partial charge in [-0.2, -0.15) is 13.2 Å². The lowest BCUT2D eigenvalue weighted by Gasteiger charge is -2.09. The molecule has 0 atom stereocenters. The summed E-state index contributed by atoms with van der Waals surface area (Å²) >= 11 is 5.94. The summed E-state index contributed by atoms with van der Waals surface area (Å²) in [5.74, 6) is -0.276. The Labute approximate surface area is 136 Å². The van der Waals surface area contributed by atoms with E-state index in [9.17, 15) is 18.0 Å². The van der Waals surface area contributed by atoms with Crippen LogP contribution < -0.4 is 0 Å². The predicted octanol–water partition coefficient (Wildman–Crippen LogP) is 4.88. The van der Waals surface area contributed by atoms with E-state index in [0.29, 0.717) is 0 Å². The first kappa shape index (κ1) is 17.1. The maximum atomic E-state index is 12.8. The molecule has 7 heteroatoms. The van der Waals surface area contributed by atoms with Crippen LogP contribution in [0.4, 0.5) is 13.2 Å². The van der Waals surface area contributed by atoms with Crippen molar-refractivity contribution < 1.29 is 22.4 Å². The highest BCUT2D eigenvalue weighted by atomic mass is 35.5. The molecule has 122 valence electrons. The van der Waals surface area contributed by atoms with Crippen LogP contribution in [0.15, 0.2) is 47.0 Å². The van der Waals surface area contributed by atoms with Gasteiger partial charge in [0.15, 0.2) is 5.76 Å². The molecule has 0 aliphatic carbocycles. The van der Waals surface area contributed by atoms with Crippen LogP contribution in [0.1, 0.15) is 16.1 Å². The van der Waals surface area contributed by atoms with Crippen LogP contribution in [0.2, 0.25) is 5.02 Å². The van der Waals surface area contributed by atoms with E-state index >= 15 is 0 Å². The number of hydrogen-bond acceptors (Lipinski definition) is 3. The Kier molecular flexibility index (Phi) is 4.85. The fourth-order valence-electron chi connectivity index (χ4n) is 1.80. The molecule has 1 aromatic heterocycles. The van der Waals surface area contributed by atoms with Crippen molar-refractivity contribution in [2.75, 3.05) is 14.1 Å². The first-order chi connectivity index (χ1) is 10.7. The fraction of sp³-hybridized carbons (Fsp3) is 0.188. The average molecular weight is 344 g/mol. The molecule has 3 nitrogen and oxygen atoms in total. The lowest BCUT2D eigenvalue weighted by Crippen LogP contribution is -2.04. The summed E-state index contributed by atoms with van der Waals surface area (Å²) in [5, 5.41) is 0.107. The Morgan fingerprint density at radius 2 is 1.91 bits per heavy atom. The molecule has 0 N–H and O–H groups in total. The zero-order valence-corrected chi connectivity index (χ0v) is 13.1. The molecular weight excluding hydrogens is 331 g/mol. The summed E-state index contributed by atoms with van der Waals surface area (Å²) < 4.78 is 43.7. The molecule has 0 amide bonds. The van der Waals surface area contributed by atoms with E-state index in [1.807, 2.05) is 0 Å². The fourth-order valence-corrected chi connectivity index (χ4v) is 2.02. The SMILES string of the molecule is CN(C)C=CC(=O)c1ccc(-c2cc(C(F)(F)F)ccc2Cl)o1. The highest BCUT2D eigenvalue weighted by Crippen LogP contribution is 2.36. The third kappa shape index (κ3) is 4.16. The predicted molar refractivity (Wildman–Crippen MR) is 81.3 cm³/mol. The quantitative estimate of drug-likeness (QED) is 0.586. The molecule has 0 aliphatic rings. The van der Waals surface area contributed by atoms with Crippen molar-refractivity contribution in [3.63, 3.8) is 0 Å². The van der Waals surface area contributed by atoms with E-state index < -0.39 is 17.5 Å². The smallest absolute Gasteiger partial charge is 0.416 e. The van der Waals surface area contributed by atoms with Crippen molar-refractivity contribution in [1.82, 2.24) is 4.90 Å². The van der Waals surface area contributed by atoms with Gasteiger partial charge in [0.25, 0.3) is 0 Å². The van der Waals surface area contributed by atoms with Crippen LogP contribution >= 0.6 is 11.6 Å². The van der Waals surface area contributed by atoms with Crippen molar-refractivity contribution in [2.24, 2.45) is 0 Å². The molecule has 0 saturated heterocycles. The Morgan fingerprint density at radius 1 is 1.22 bits per heavy atom. The van der Waals surface area contributed by atoms with Crippen LogP contribution in [0.5, 0.6) is 0 Å². The lowest BCUT2D eigenvalue weighted by atomic mass is 10.1. The van der Waals surface area contributed by atoms with Crippen molar-refractivity contribution in [1.29, 1.82) is 0 Å². The summed E-state index contributed by atoms with van der Waals surface area (Å²) in [5.41, 5.74) is -0.759. The summed E-state index contributed by atoms with van der Waals surface area (Å²) in [6, 6.07) is 5.74. The Hall–Kier alpha value is -2.21. The monoisotopic (exact) mass is 343 g/mol. The van der Waals surface area contributed by atoms with E-state index in [1.165, 1.54) is 18.2 Å². The van der Waals surface area contributed by atoms with Gasteiger partial charge >= 0.3 is 6.18 Å². The number of ketones is 1. The summed E-state index contributed by atoms with van der Waals surface area (Å²) in [6.45, 7) is 0. The lowest BCUT2D eigenvalue weighted by molar-refractivity contribution is -0.137. The van der Waals surface area contributed by atoms with Crippen LogP contribution in [-0.2, 0) is 6.18 Å². The number of carbonyl (C=O) groups excluding carboxylic acids is 1. The molecule has 1 aromatic carbocycles. The Morgan fingerprint density at radius 3 is 2.52 bits per heavy atom. The molecular formula is C16H13ClF3NO2. The number of alkyl halides is 3. The molecule has 2 aromatic rings. The van der Waals surface area contributed by atoms with E-state index in [0.717, 1.165) is 18.2 Å². The van der Waals surface area contributed by atoms with Gasteiger partial charge in [-0.05, 0) is 30.3 Å². The second kappa shape index (κ2) is 6.50. The Bertz CT molecular complexity index is 748. The summed E-state index contributed by atoms with van der Waals surface area (Å²) in [7, 11) is 3.50. The van der Waals surface area contributed by atoms with Crippen LogP contribution in [-0.4, -0.2) is 24.8 Å².